The van der Waals surface area contributed by atoms with E-state index in [1.807, 2.05) is 31.2 Å². The number of methoxy groups -OCH3 is 1. The first-order valence-electron chi connectivity index (χ1n) is 6.09. The van der Waals surface area contributed by atoms with Crippen molar-refractivity contribution in [1.29, 1.82) is 0 Å². The first kappa shape index (κ1) is 13.4. The number of anilines is 2. The molecule has 1 aromatic carbocycles. The Kier molecular flexibility index (Phi) is 4.41. The Labute approximate surface area is 111 Å². The lowest BCUT2D eigenvalue weighted by Crippen LogP contribution is -2.03. The number of rotatable bonds is 5. The van der Waals surface area contributed by atoms with Gasteiger partial charge in [-0.1, -0.05) is 19.1 Å². The molecule has 0 atom stereocenters. The van der Waals surface area contributed by atoms with Gasteiger partial charge in [0.2, 0.25) is 0 Å². The number of nitrogens with one attached hydrogen (secondary N) is 1. The maximum atomic E-state index is 14.0. The SMILES string of the molecule is CCc1ncnc(Nc2cccc(COC)c2)c1F. The molecule has 0 aliphatic heterocycles. The Morgan fingerprint density at radius 1 is 1.32 bits per heavy atom. The van der Waals surface area contributed by atoms with Gasteiger partial charge in [0.25, 0.3) is 0 Å². The van der Waals surface area contributed by atoms with Crippen molar-refractivity contribution in [1.82, 2.24) is 9.97 Å². The van der Waals surface area contributed by atoms with Crippen LogP contribution < -0.4 is 5.32 Å². The number of ether oxygens (including phenoxy) is 1. The van der Waals surface area contributed by atoms with Gasteiger partial charge in [-0.05, 0) is 24.1 Å². The summed E-state index contributed by atoms with van der Waals surface area (Å²) in [6.45, 7) is 2.37. The minimum atomic E-state index is -0.401. The number of aromatic nitrogens is 2. The standard InChI is InChI=1S/C14H16FN3O/c1-3-12-13(15)14(17-9-16-12)18-11-6-4-5-10(7-11)8-19-2/h4-7,9H,3,8H2,1-2H3,(H,16,17,18). The molecule has 0 saturated carbocycles. The summed E-state index contributed by atoms with van der Waals surface area (Å²) in [7, 11) is 1.64. The molecule has 0 unspecified atom stereocenters. The molecular weight excluding hydrogens is 245 g/mol. The Balaban J connectivity index is 2.23. The van der Waals surface area contributed by atoms with Crippen LogP contribution in [0.15, 0.2) is 30.6 Å². The molecule has 1 aromatic heterocycles. The lowest BCUT2D eigenvalue weighted by Gasteiger charge is -2.09. The van der Waals surface area contributed by atoms with Crippen molar-refractivity contribution in [2.75, 3.05) is 12.4 Å². The Morgan fingerprint density at radius 2 is 2.16 bits per heavy atom. The van der Waals surface area contributed by atoms with Crippen LogP contribution in [-0.2, 0) is 17.8 Å². The molecule has 4 nitrogen and oxygen atoms in total. The summed E-state index contributed by atoms with van der Waals surface area (Å²) in [5.41, 5.74) is 2.19. The van der Waals surface area contributed by atoms with E-state index in [2.05, 4.69) is 15.3 Å². The van der Waals surface area contributed by atoms with E-state index in [4.69, 9.17) is 4.74 Å². The number of halogens is 1. The molecule has 100 valence electrons. The molecule has 0 aliphatic rings. The van der Waals surface area contributed by atoms with Crippen molar-refractivity contribution in [3.05, 3.63) is 47.7 Å². The van der Waals surface area contributed by atoms with Crippen molar-refractivity contribution < 1.29 is 9.13 Å². The summed E-state index contributed by atoms with van der Waals surface area (Å²) in [5.74, 6) is -0.205. The van der Waals surface area contributed by atoms with Gasteiger partial charge in [-0.25, -0.2) is 14.4 Å². The van der Waals surface area contributed by atoms with Gasteiger partial charge in [0.1, 0.15) is 6.33 Å². The number of nitrogens with zero attached hydrogens (tertiary/aromatic N) is 2. The van der Waals surface area contributed by atoms with E-state index in [1.54, 1.807) is 7.11 Å². The average molecular weight is 261 g/mol. The van der Waals surface area contributed by atoms with Gasteiger partial charge < -0.3 is 10.1 Å². The minimum Gasteiger partial charge on any atom is -0.380 e. The van der Waals surface area contributed by atoms with E-state index in [0.29, 0.717) is 18.7 Å². The van der Waals surface area contributed by atoms with Crippen LogP contribution in [0.5, 0.6) is 0 Å². The second kappa shape index (κ2) is 6.24. The van der Waals surface area contributed by atoms with Crippen LogP contribution >= 0.6 is 0 Å². The van der Waals surface area contributed by atoms with E-state index < -0.39 is 5.82 Å². The molecule has 0 amide bonds. The summed E-state index contributed by atoms with van der Waals surface area (Å²) < 4.78 is 19.1. The van der Waals surface area contributed by atoms with Crippen LogP contribution in [0, 0.1) is 5.82 Å². The van der Waals surface area contributed by atoms with Gasteiger partial charge in [-0.15, -0.1) is 0 Å². The fraction of sp³-hybridized carbons (Fsp3) is 0.286. The van der Waals surface area contributed by atoms with Crippen molar-refractivity contribution >= 4 is 11.5 Å². The molecule has 0 radical (unpaired) electrons. The third-order valence-corrected chi connectivity index (χ3v) is 2.70. The molecule has 0 saturated heterocycles. The molecule has 1 heterocycles. The highest BCUT2D eigenvalue weighted by molar-refractivity contribution is 5.57. The fourth-order valence-corrected chi connectivity index (χ4v) is 1.78. The Bertz CT molecular complexity index is 560. The largest absolute Gasteiger partial charge is 0.380 e. The predicted octanol–water partition coefficient (Wildman–Crippen LogP) is 3.07. The summed E-state index contributed by atoms with van der Waals surface area (Å²) >= 11 is 0. The zero-order valence-electron chi connectivity index (χ0n) is 11.0. The van der Waals surface area contributed by atoms with Crippen LogP contribution in [-0.4, -0.2) is 17.1 Å². The smallest absolute Gasteiger partial charge is 0.187 e. The van der Waals surface area contributed by atoms with E-state index >= 15 is 0 Å². The lowest BCUT2D eigenvalue weighted by molar-refractivity contribution is 0.185. The van der Waals surface area contributed by atoms with Crippen molar-refractivity contribution in [3.8, 4) is 0 Å². The normalized spacial score (nSPS) is 10.5. The zero-order chi connectivity index (χ0) is 13.7. The topological polar surface area (TPSA) is 47.0 Å². The summed E-state index contributed by atoms with van der Waals surface area (Å²) in [6.07, 6.45) is 1.90. The van der Waals surface area contributed by atoms with Gasteiger partial charge in [0.05, 0.1) is 12.3 Å². The number of hydrogen-bond acceptors (Lipinski definition) is 4. The molecule has 0 fully saturated rings. The highest BCUT2D eigenvalue weighted by atomic mass is 19.1. The average Bonchev–Trinajstić information content (AvgIpc) is 2.42. The van der Waals surface area contributed by atoms with Crippen molar-refractivity contribution in [2.45, 2.75) is 20.0 Å². The van der Waals surface area contributed by atoms with Gasteiger partial charge in [0, 0.05) is 12.8 Å². The lowest BCUT2D eigenvalue weighted by atomic mass is 10.2. The van der Waals surface area contributed by atoms with Gasteiger partial charge in [-0.2, -0.15) is 0 Å². The van der Waals surface area contributed by atoms with E-state index in [0.717, 1.165) is 11.3 Å². The van der Waals surface area contributed by atoms with Gasteiger partial charge in [-0.3, -0.25) is 0 Å². The summed E-state index contributed by atoms with van der Waals surface area (Å²) in [6, 6.07) is 7.59. The van der Waals surface area contributed by atoms with Crippen LogP contribution in [0.2, 0.25) is 0 Å². The van der Waals surface area contributed by atoms with Gasteiger partial charge in [0.15, 0.2) is 11.6 Å². The Morgan fingerprint density at radius 3 is 2.89 bits per heavy atom. The fourth-order valence-electron chi connectivity index (χ4n) is 1.78. The number of benzene rings is 1. The van der Waals surface area contributed by atoms with Crippen LogP contribution in [0.4, 0.5) is 15.9 Å². The number of hydrogen-bond donors (Lipinski definition) is 1. The third kappa shape index (κ3) is 3.26. The molecule has 2 aromatic rings. The monoisotopic (exact) mass is 261 g/mol. The molecule has 1 N–H and O–H groups in total. The second-order valence-corrected chi connectivity index (χ2v) is 4.09. The maximum absolute atomic E-state index is 14.0. The van der Waals surface area contributed by atoms with Crippen LogP contribution in [0.1, 0.15) is 18.2 Å². The summed E-state index contributed by atoms with van der Waals surface area (Å²) in [5, 5.41) is 2.96. The molecule has 0 aliphatic carbocycles. The zero-order valence-corrected chi connectivity index (χ0v) is 11.0. The Hall–Kier alpha value is -2.01. The molecule has 0 spiro atoms. The molecule has 0 bridgehead atoms. The van der Waals surface area contributed by atoms with Crippen molar-refractivity contribution in [2.24, 2.45) is 0 Å². The molecule has 19 heavy (non-hydrogen) atoms. The van der Waals surface area contributed by atoms with E-state index in [-0.39, 0.29) is 5.82 Å². The third-order valence-electron chi connectivity index (χ3n) is 2.70. The minimum absolute atomic E-state index is 0.196. The van der Waals surface area contributed by atoms with Crippen LogP contribution in [0.25, 0.3) is 0 Å². The quantitative estimate of drug-likeness (QED) is 0.898. The number of aryl methyl sites for hydroxylation is 1. The maximum Gasteiger partial charge on any atom is 0.187 e. The summed E-state index contributed by atoms with van der Waals surface area (Å²) in [4.78, 5) is 7.83. The van der Waals surface area contributed by atoms with Crippen LogP contribution in [0.3, 0.4) is 0 Å². The predicted molar refractivity (Wildman–Crippen MR) is 71.8 cm³/mol. The van der Waals surface area contributed by atoms with E-state index in [9.17, 15) is 4.39 Å². The van der Waals surface area contributed by atoms with E-state index in [1.165, 1.54) is 6.33 Å². The molecule has 5 heteroatoms. The highest BCUT2D eigenvalue weighted by Gasteiger charge is 2.09. The molecule has 2 rings (SSSR count). The first-order chi connectivity index (χ1) is 9.24. The first-order valence-corrected chi connectivity index (χ1v) is 6.09. The second-order valence-electron chi connectivity index (χ2n) is 4.09. The highest BCUT2D eigenvalue weighted by Crippen LogP contribution is 2.20. The molecular formula is C14H16FN3O. The van der Waals surface area contributed by atoms with Gasteiger partial charge >= 0.3 is 0 Å². The van der Waals surface area contributed by atoms with Crippen molar-refractivity contribution in [3.63, 3.8) is 0 Å².